The summed E-state index contributed by atoms with van der Waals surface area (Å²) in [6, 6.07) is 11.6. The Kier molecular flexibility index (Phi) is 4.32. The number of para-hydroxylation sites is 1. The summed E-state index contributed by atoms with van der Waals surface area (Å²) >= 11 is 0. The second-order valence-corrected chi connectivity index (χ2v) is 6.84. The maximum absolute atomic E-state index is 13.0. The highest BCUT2D eigenvalue weighted by Gasteiger charge is 2.31. The van der Waals surface area contributed by atoms with Crippen LogP contribution in [0.3, 0.4) is 0 Å². The summed E-state index contributed by atoms with van der Waals surface area (Å²) in [5.74, 6) is 0.399. The molecule has 6 nitrogen and oxygen atoms in total. The van der Waals surface area contributed by atoms with Crippen LogP contribution in [0, 0.1) is 6.92 Å². The molecule has 0 aliphatic carbocycles. The van der Waals surface area contributed by atoms with E-state index in [0.717, 1.165) is 23.2 Å². The molecule has 0 unspecified atom stereocenters. The van der Waals surface area contributed by atoms with Crippen molar-refractivity contribution in [3.05, 3.63) is 76.0 Å². The van der Waals surface area contributed by atoms with Gasteiger partial charge in [0.1, 0.15) is 5.82 Å². The summed E-state index contributed by atoms with van der Waals surface area (Å²) < 4.78 is 0. The number of aryl methyl sites for hydroxylation is 1. The number of aromatic amines is 1. The Balaban J connectivity index is 1.64. The van der Waals surface area contributed by atoms with E-state index in [1.807, 2.05) is 31.2 Å². The molecule has 3 aromatic rings. The number of carbonyl (C=O) groups excluding carboxylic acids is 1. The summed E-state index contributed by atoms with van der Waals surface area (Å²) in [6.45, 7) is 3.80. The van der Waals surface area contributed by atoms with Crippen LogP contribution in [-0.2, 0) is 17.6 Å². The number of pyridine rings is 1. The lowest BCUT2D eigenvalue weighted by Gasteiger charge is -2.23. The molecule has 0 radical (unpaired) electrons. The fourth-order valence-electron chi connectivity index (χ4n) is 3.65. The maximum Gasteiger partial charge on any atom is 0.255 e. The molecule has 1 atom stereocenters. The van der Waals surface area contributed by atoms with Crippen LogP contribution in [0.15, 0.2) is 53.6 Å². The lowest BCUT2D eigenvalue weighted by atomic mass is 10.1. The highest BCUT2D eigenvalue weighted by atomic mass is 16.2. The third-order valence-corrected chi connectivity index (χ3v) is 4.98. The molecule has 4 rings (SSSR count). The molecule has 1 aliphatic heterocycles. The van der Waals surface area contributed by atoms with Crippen LogP contribution in [0.1, 0.15) is 23.7 Å². The zero-order chi connectivity index (χ0) is 19.0. The molecule has 27 heavy (non-hydrogen) atoms. The number of fused-ring (bicyclic) bond motifs is 1. The van der Waals surface area contributed by atoms with Gasteiger partial charge in [0, 0.05) is 40.9 Å². The first-order valence-corrected chi connectivity index (χ1v) is 8.94. The predicted molar refractivity (Wildman–Crippen MR) is 104 cm³/mol. The highest BCUT2D eigenvalue weighted by molar-refractivity contribution is 5.97. The van der Waals surface area contributed by atoms with Crippen molar-refractivity contribution in [2.45, 2.75) is 32.7 Å². The number of nitrogens with one attached hydrogen (secondary N) is 1. The van der Waals surface area contributed by atoms with Crippen LogP contribution in [0.4, 0.5) is 5.69 Å². The Hall–Kier alpha value is -3.28. The van der Waals surface area contributed by atoms with Crippen LogP contribution in [0.25, 0.3) is 11.4 Å². The molecule has 1 amide bonds. The molecule has 0 spiro atoms. The molecule has 6 heteroatoms. The number of hydrogen-bond acceptors (Lipinski definition) is 4. The third kappa shape index (κ3) is 3.14. The zero-order valence-electron chi connectivity index (χ0n) is 15.3. The molecule has 1 aliphatic rings. The lowest BCUT2D eigenvalue weighted by molar-refractivity contribution is -0.118. The third-order valence-electron chi connectivity index (χ3n) is 4.98. The Morgan fingerprint density at radius 3 is 2.70 bits per heavy atom. The van der Waals surface area contributed by atoms with Crippen molar-refractivity contribution >= 4 is 11.6 Å². The normalized spacial score (nSPS) is 15.6. The van der Waals surface area contributed by atoms with E-state index in [1.54, 1.807) is 36.4 Å². The van der Waals surface area contributed by atoms with Gasteiger partial charge in [0.25, 0.3) is 5.56 Å². The van der Waals surface area contributed by atoms with Gasteiger partial charge in [-0.15, -0.1) is 0 Å². The Morgan fingerprint density at radius 2 is 1.96 bits per heavy atom. The minimum atomic E-state index is -0.275. The van der Waals surface area contributed by atoms with E-state index in [9.17, 15) is 9.59 Å². The second-order valence-electron chi connectivity index (χ2n) is 6.84. The minimum Gasteiger partial charge on any atom is -0.309 e. The monoisotopic (exact) mass is 360 g/mol. The number of nitrogens with zero attached hydrogens (tertiary/aromatic N) is 3. The van der Waals surface area contributed by atoms with Crippen LogP contribution < -0.4 is 10.5 Å². The summed E-state index contributed by atoms with van der Waals surface area (Å²) in [6.07, 6.45) is 4.16. The first-order chi connectivity index (χ1) is 13.0. The topological polar surface area (TPSA) is 79.0 Å². The van der Waals surface area contributed by atoms with E-state index in [2.05, 4.69) is 15.0 Å². The highest BCUT2D eigenvalue weighted by Crippen LogP contribution is 2.32. The van der Waals surface area contributed by atoms with Crippen molar-refractivity contribution in [3.63, 3.8) is 0 Å². The van der Waals surface area contributed by atoms with Crippen LogP contribution in [-0.4, -0.2) is 26.9 Å². The molecule has 136 valence electrons. The van der Waals surface area contributed by atoms with Crippen LogP contribution in [0.2, 0.25) is 0 Å². The van der Waals surface area contributed by atoms with Crippen molar-refractivity contribution in [2.24, 2.45) is 0 Å². The number of H-pyrrole nitrogens is 1. The summed E-state index contributed by atoms with van der Waals surface area (Å²) in [7, 11) is 0. The number of amides is 1. The van der Waals surface area contributed by atoms with Gasteiger partial charge in [-0.2, -0.15) is 0 Å². The Morgan fingerprint density at radius 1 is 1.22 bits per heavy atom. The maximum atomic E-state index is 13.0. The fourth-order valence-corrected chi connectivity index (χ4v) is 3.65. The molecule has 0 saturated carbocycles. The van der Waals surface area contributed by atoms with Gasteiger partial charge in [0.05, 0.1) is 6.42 Å². The molecular weight excluding hydrogens is 340 g/mol. The molecule has 0 fully saturated rings. The average Bonchev–Trinajstić information content (AvgIpc) is 3.01. The van der Waals surface area contributed by atoms with Gasteiger partial charge < -0.3 is 9.88 Å². The predicted octanol–water partition coefficient (Wildman–Crippen LogP) is 2.66. The molecule has 2 aromatic heterocycles. The summed E-state index contributed by atoms with van der Waals surface area (Å²) in [5, 5.41) is 0. The zero-order valence-corrected chi connectivity index (χ0v) is 15.3. The van der Waals surface area contributed by atoms with E-state index in [1.165, 1.54) is 0 Å². The van der Waals surface area contributed by atoms with E-state index < -0.39 is 0 Å². The van der Waals surface area contributed by atoms with Gasteiger partial charge in [-0.25, -0.2) is 4.98 Å². The molecule has 1 aromatic carbocycles. The standard InChI is InChI=1S/C21H20N4O2/c1-13-11-16-5-3-4-6-18(16)25(13)19(26)12-17-14(2)23-20(24-21(17)27)15-7-9-22-10-8-15/h3-10,13H,11-12H2,1-2H3,(H,23,24,27)/t13-/m1/s1. The van der Waals surface area contributed by atoms with Crippen LogP contribution >= 0.6 is 0 Å². The second kappa shape index (κ2) is 6.79. The smallest absolute Gasteiger partial charge is 0.255 e. The van der Waals surface area contributed by atoms with Crippen LogP contribution in [0.5, 0.6) is 0 Å². The number of hydrogen-bond donors (Lipinski definition) is 1. The summed E-state index contributed by atoms with van der Waals surface area (Å²) in [4.78, 5) is 38.7. The van der Waals surface area contributed by atoms with Crippen molar-refractivity contribution in [3.8, 4) is 11.4 Å². The number of benzene rings is 1. The Labute approximate surface area is 156 Å². The minimum absolute atomic E-state index is 0.0312. The fraction of sp³-hybridized carbons (Fsp3) is 0.238. The molecule has 0 bridgehead atoms. The van der Waals surface area contributed by atoms with Crippen molar-refractivity contribution < 1.29 is 4.79 Å². The van der Waals surface area contributed by atoms with Crippen molar-refractivity contribution in [2.75, 3.05) is 4.90 Å². The number of carbonyl (C=O) groups is 1. The van der Waals surface area contributed by atoms with Gasteiger partial charge in [-0.1, -0.05) is 18.2 Å². The largest absolute Gasteiger partial charge is 0.309 e. The average molecular weight is 360 g/mol. The Bertz CT molecular complexity index is 1060. The van der Waals surface area contributed by atoms with Crippen molar-refractivity contribution in [1.82, 2.24) is 15.0 Å². The van der Waals surface area contributed by atoms with E-state index in [4.69, 9.17) is 0 Å². The molecule has 1 N–H and O–H groups in total. The first kappa shape index (κ1) is 17.1. The van der Waals surface area contributed by atoms with Gasteiger partial charge in [0.15, 0.2) is 0 Å². The quantitative estimate of drug-likeness (QED) is 0.779. The number of anilines is 1. The number of rotatable bonds is 3. The lowest BCUT2D eigenvalue weighted by Crippen LogP contribution is -2.38. The summed E-state index contributed by atoms with van der Waals surface area (Å²) in [5.41, 5.74) is 3.59. The van der Waals surface area contributed by atoms with Gasteiger partial charge in [0.2, 0.25) is 5.91 Å². The SMILES string of the molecule is Cc1nc(-c2ccncc2)[nH]c(=O)c1CC(=O)N1c2ccccc2C[C@H]1C. The van der Waals surface area contributed by atoms with E-state index in [0.29, 0.717) is 17.1 Å². The van der Waals surface area contributed by atoms with Gasteiger partial charge >= 0.3 is 0 Å². The van der Waals surface area contributed by atoms with E-state index in [-0.39, 0.29) is 23.9 Å². The van der Waals surface area contributed by atoms with Gasteiger partial charge in [-0.3, -0.25) is 14.6 Å². The number of aromatic nitrogens is 3. The van der Waals surface area contributed by atoms with E-state index >= 15 is 0 Å². The first-order valence-electron chi connectivity index (χ1n) is 8.94. The molecular formula is C21H20N4O2. The molecule has 0 saturated heterocycles. The van der Waals surface area contributed by atoms with Gasteiger partial charge in [-0.05, 0) is 44.0 Å². The molecule has 3 heterocycles. The van der Waals surface area contributed by atoms with Crippen molar-refractivity contribution in [1.29, 1.82) is 0 Å².